The normalized spacial score (nSPS) is 16.6. The van der Waals surface area contributed by atoms with Crippen LogP contribution in [-0.2, 0) is 14.3 Å². The van der Waals surface area contributed by atoms with Gasteiger partial charge in [0.2, 0.25) is 11.7 Å². The number of methoxy groups -OCH3 is 2. The van der Waals surface area contributed by atoms with Gasteiger partial charge in [-0.05, 0) is 36.4 Å². The topological polar surface area (TPSA) is 82.1 Å². The SMILES string of the molecule is COc1ccc(OC)c(N2C[C@@H](C(=O)O[C@H](CCCl)C(=O)c3ccc(F)cc3)CC2=O)c1. The van der Waals surface area contributed by atoms with Crippen molar-refractivity contribution in [2.45, 2.75) is 18.9 Å². The van der Waals surface area contributed by atoms with E-state index in [0.717, 1.165) is 12.1 Å². The fourth-order valence-electron chi connectivity index (χ4n) is 3.49. The van der Waals surface area contributed by atoms with E-state index in [2.05, 4.69) is 0 Å². The number of hydrogen-bond acceptors (Lipinski definition) is 6. The van der Waals surface area contributed by atoms with Crippen molar-refractivity contribution in [2.24, 2.45) is 5.92 Å². The Hall–Kier alpha value is -3.13. The molecule has 3 rings (SSSR count). The third kappa shape index (κ3) is 5.19. The lowest BCUT2D eigenvalue weighted by Crippen LogP contribution is -2.32. The van der Waals surface area contributed by atoms with Crippen molar-refractivity contribution < 1.29 is 33.0 Å². The lowest BCUT2D eigenvalue weighted by molar-refractivity contribution is -0.151. The largest absolute Gasteiger partial charge is 0.497 e. The molecule has 0 aromatic heterocycles. The van der Waals surface area contributed by atoms with Crippen LogP contribution < -0.4 is 14.4 Å². The molecule has 0 bridgehead atoms. The molecule has 1 amide bonds. The number of benzene rings is 2. The third-order valence-corrected chi connectivity index (χ3v) is 5.40. The summed E-state index contributed by atoms with van der Waals surface area (Å²) < 4.78 is 29.2. The molecule has 1 aliphatic heterocycles. The number of alkyl halides is 1. The van der Waals surface area contributed by atoms with Crippen LogP contribution in [0.5, 0.6) is 11.5 Å². The predicted molar refractivity (Wildman–Crippen MR) is 116 cm³/mol. The highest BCUT2D eigenvalue weighted by Gasteiger charge is 2.39. The minimum atomic E-state index is -1.12. The molecule has 0 radical (unpaired) electrons. The molecule has 32 heavy (non-hydrogen) atoms. The summed E-state index contributed by atoms with van der Waals surface area (Å²) in [5, 5.41) is 0. The highest BCUT2D eigenvalue weighted by Crippen LogP contribution is 2.36. The van der Waals surface area contributed by atoms with E-state index < -0.39 is 29.6 Å². The fourth-order valence-corrected chi connectivity index (χ4v) is 3.68. The Labute approximate surface area is 190 Å². The quantitative estimate of drug-likeness (QED) is 0.321. The van der Waals surface area contributed by atoms with Crippen LogP contribution in [-0.4, -0.2) is 50.4 Å². The first-order chi connectivity index (χ1) is 15.4. The number of rotatable bonds is 9. The number of esters is 1. The molecule has 0 aliphatic carbocycles. The number of amides is 1. The Morgan fingerprint density at radius 2 is 1.88 bits per heavy atom. The van der Waals surface area contributed by atoms with Crippen LogP contribution in [0.25, 0.3) is 0 Å². The zero-order chi connectivity index (χ0) is 23.3. The van der Waals surface area contributed by atoms with Gasteiger partial charge in [-0.15, -0.1) is 11.6 Å². The van der Waals surface area contributed by atoms with Gasteiger partial charge >= 0.3 is 5.97 Å². The Balaban J connectivity index is 1.74. The first-order valence-electron chi connectivity index (χ1n) is 9.96. The third-order valence-electron chi connectivity index (χ3n) is 5.19. The van der Waals surface area contributed by atoms with Gasteiger partial charge in [-0.25, -0.2) is 4.39 Å². The van der Waals surface area contributed by atoms with Gasteiger partial charge in [0.25, 0.3) is 0 Å². The molecule has 2 atom stereocenters. The predicted octanol–water partition coefficient (Wildman–Crippen LogP) is 3.62. The zero-order valence-electron chi connectivity index (χ0n) is 17.7. The average molecular weight is 464 g/mol. The van der Waals surface area contributed by atoms with Gasteiger partial charge in [-0.2, -0.15) is 0 Å². The first kappa shape index (κ1) is 23.5. The van der Waals surface area contributed by atoms with E-state index in [1.807, 2.05) is 0 Å². The molecule has 0 saturated carbocycles. The van der Waals surface area contributed by atoms with Crippen LogP contribution in [0, 0.1) is 11.7 Å². The summed E-state index contributed by atoms with van der Waals surface area (Å²) in [4.78, 5) is 39.6. The summed E-state index contributed by atoms with van der Waals surface area (Å²) in [6.07, 6.45) is -1.10. The van der Waals surface area contributed by atoms with Crippen molar-refractivity contribution in [3.05, 3.63) is 53.8 Å². The van der Waals surface area contributed by atoms with E-state index in [0.29, 0.717) is 17.2 Å². The fraction of sp³-hybridized carbons (Fsp3) is 0.348. The maximum atomic E-state index is 13.2. The molecule has 1 heterocycles. The van der Waals surface area contributed by atoms with E-state index in [-0.39, 0.29) is 36.7 Å². The Morgan fingerprint density at radius 3 is 2.50 bits per heavy atom. The van der Waals surface area contributed by atoms with E-state index in [1.165, 1.54) is 31.3 Å². The van der Waals surface area contributed by atoms with Gasteiger partial charge in [0.1, 0.15) is 17.3 Å². The molecule has 1 fully saturated rings. The van der Waals surface area contributed by atoms with Crippen LogP contribution in [0.4, 0.5) is 10.1 Å². The molecule has 1 saturated heterocycles. The van der Waals surface area contributed by atoms with Crippen LogP contribution in [0.2, 0.25) is 0 Å². The Bertz CT molecular complexity index is 996. The van der Waals surface area contributed by atoms with E-state index in [4.69, 9.17) is 25.8 Å². The zero-order valence-corrected chi connectivity index (χ0v) is 18.4. The van der Waals surface area contributed by atoms with Gasteiger partial charge in [0, 0.05) is 36.9 Å². The van der Waals surface area contributed by atoms with Crippen LogP contribution >= 0.6 is 11.6 Å². The van der Waals surface area contributed by atoms with Crippen molar-refractivity contribution in [3.63, 3.8) is 0 Å². The highest BCUT2D eigenvalue weighted by molar-refractivity contribution is 6.18. The smallest absolute Gasteiger partial charge is 0.312 e. The van der Waals surface area contributed by atoms with Crippen molar-refractivity contribution in [3.8, 4) is 11.5 Å². The second-order valence-corrected chi connectivity index (χ2v) is 7.60. The molecule has 9 heteroatoms. The maximum absolute atomic E-state index is 13.2. The summed E-state index contributed by atoms with van der Waals surface area (Å²) in [5.41, 5.74) is 0.686. The summed E-state index contributed by atoms with van der Waals surface area (Å²) in [5.74, 6) is -1.60. The molecule has 2 aromatic rings. The number of ether oxygens (including phenoxy) is 3. The van der Waals surface area contributed by atoms with E-state index in [9.17, 15) is 18.8 Å². The standard InChI is InChI=1S/C23H23ClFNO6/c1-30-17-7-8-19(31-2)18(12-17)26-13-15(11-21(26)27)23(29)32-20(9-10-24)22(28)14-3-5-16(25)6-4-14/h3-8,12,15,20H,9-11,13H2,1-2H3/t15-,20+/m0/s1. The molecular formula is C23H23ClFNO6. The molecule has 1 aliphatic rings. The van der Waals surface area contributed by atoms with Crippen molar-refractivity contribution in [1.29, 1.82) is 0 Å². The number of carbonyl (C=O) groups excluding carboxylic acids is 3. The number of Topliss-reactive ketones (excluding diaryl/α,β-unsaturated/α-hetero) is 1. The van der Waals surface area contributed by atoms with Crippen LogP contribution in [0.1, 0.15) is 23.2 Å². The molecule has 170 valence electrons. The number of hydrogen-bond donors (Lipinski definition) is 0. The Kier molecular flexibility index (Phi) is 7.69. The van der Waals surface area contributed by atoms with Crippen LogP contribution in [0.15, 0.2) is 42.5 Å². The number of carbonyl (C=O) groups is 3. The number of nitrogens with zero attached hydrogens (tertiary/aromatic N) is 1. The average Bonchev–Trinajstić information content (AvgIpc) is 3.19. The second kappa shape index (κ2) is 10.5. The summed E-state index contributed by atoms with van der Waals surface area (Å²) in [6.45, 7) is 0.0690. The molecule has 0 spiro atoms. The number of ketones is 1. The molecule has 0 N–H and O–H groups in total. The Morgan fingerprint density at radius 1 is 1.16 bits per heavy atom. The maximum Gasteiger partial charge on any atom is 0.312 e. The molecule has 7 nitrogen and oxygen atoms in total. The number of halogens is 2. The highest BCUT2D eigenvalue weighted by atomic mass is 35.5. The van der Waals surface area contributed by atoms with Crippen molar-refractivity contribution >= 4 is 34.9 Å². The monoisotopic (exact) mass is 463 g/mol. The summed E-state index contributed by atoms with van der Waals surface area (Å²) in [7, 11) is 2.99. The molecule has 2 aromatic carbocycles. The van der Waals surface area contributed by atoms with E-state index in [1.54, 1.807) is 18.2 Å². The van der Waals surface area contributed by atoms with Gasteiger partial charge in [0.15, 0.2) is 6.10 Å². The van der Waals surface area contributed by atoms with Crippen LogP contribution in [0.3, 0.4) is 0 Å². The lowest BCUT2D eigenvalue weighted by atomic mass is 10.0. The minimum absolute atomic E-state index is 0.0690. The lowest BCUT2D eigenvalue weighted by Gasteiger charge is -2.21. The van der Waals surface area contributed by atoms with Gasteiger partial charge in [0.05, 0.1) is 25.8 Å². The second-order valence-electron chi connectivity index (χ2n) is 7.22. The van der Waals surface area contributed by atoms with Gasteiger partial charge < -0.3 is 19.1 Å². The first-order valence-corrected chi connectivity index (χ1v) is 10.5. The minimum Gasteiger partial charge on any atom is -0.497 e. The van der Waals surface area contributed by atoms with Crippen molar-refractivity contribution in [1.82, 2.24) is 0 Å². The summed E-state index contributed by atoms with van der Waals surface area (Å²) in [6, 6.07) is 9.98. The molecule has 0 unspecified atom stereocenters. The molecular weight excluding hydrogens is 441 g/mol. The summed E-state index contributed by atoms with van der Waals surface area (Å²) >= 11 is 5.79. The number of anilines is 1. The van der Waals surface area contributed by atoms with Crippen molar-refractivity contribution in [2.75, 3.05) is 31.5 Å². The van der Waals surface area contributed by atoms with Gasteiger partial charge in [-0.3, -0.25) is 14.4 Å². The van der Waals surface area contributed by atoms with Gasteiger partial charge in [-0.1, -0.05) is 0 Å². The van der Waals surface area contributed by atoms with E-state index >= 15 is 0 Å².